The first kappa shape index (κ1) is 4.46. The summed E-state index contributed by atoms with van der Waals surface area (Å²) in [4.78, 5) is 0. The lowest BCUT2D eigenvalue weighted by Crippen LogP contribution is -1.52. The van der Waals surface area contributed by atoms with Crippen LogP contribution in [0, 0.1) is 11.8 Å². The molecule has 0 radical (unpaired) electrons. The Labute approximate surface area is 44.2 Å². The number of allylic oxidation sites excluding steroid dienone is 2. The fraction of sp³-hybridized carbons (Fsp3) is 0.429. The molecule has 0 heterocycles. The third-order valence-electron chi connectivity index (χ3n) is 0.834. The molecule has 0 N–H and O–H groups in total. The molecule has 1 aliphatic rings. The second-order valence-electron chi connectivity index (χ2n) is 1.59. The van der Waals surface area contributed by atoms with Gasteiger partial charge in [0.15, 0.2) is 0 Å². The van der Waals surface area contributed by atoms with Gasteiger partial charge >= 0.3 is 0 Å². The first-order chi connectivity index (χ1) is 3.43. The molecule has 0 heteroatoms. The van der Waals surface area contributed by atoms with E-state index in [1.807, 2.05) is 0 Å². The predicted octanol–water partition coefficient (Wildman–Crippen LogP) is 1.73. The molecule has 0 saturated carbocycles. The molecule has 0 aromatic rings. The van der Waals surface area contributed by atoms with Gasteiger partial charge in [-0.05, 0) is 6.42 Å². The van der Waals surface area contributed by atoms with E-state index in [1.165, 1.54) is 5.57 Å². The van der Waals surface area contributed by atoms with Crippen molar-refractivity contribution in [3.63, 3.8) is 0 Å². The molecule has 0 saturated heterocycles. The Hall–Kier alpha value is -0.700. The van der Waals surface area contributed by atoms with Crippen molar-refractivity contribution in [2.24, 2.45) is 0 Å². The van der Waals surface area contributed by atoms with E-state index in [4.69, 9.17) is 0 Å². The van der Waals surface area contributed by atoms with Crippen LogP contribution in [0.4, 0.5) is 0 Å². The van der Waals surface area contributed by atoms with E-state index in [0.29, 0.717) is 0 Å². The highest BCUT2D eigenvalue weighted by atomic mass is 14.0. The van der Waals surface area contributed by atoms with Crippen LogP contribution in [-0.4, -0.2) is 0 Å². The minimum Gasteiger partial charge on any atom is -0.0985 e. The molecule has 36 valence electrons. The SMILES string of the molecule is CCC#CC1=CC1. The summed E-state index contributed by atoms with van der Waals surface area (Å²) in [7, 11) is 0. The van der Waals surface area contributed by atoms with Gasteiger partial charge in [-0.1, -0.05) is 24.8 Å². The van der Waals surface area contributed by atoms with Crippen molar-refractivity contribution in [3.8, 4) is 11.8 Å². The molecule has 0 amide bonds. The third kappa shape index (κ3) is 1.45. The van der Waals surface area contributed by atoms with Crippen LogP contribution in [0.3, 0.4) is 0 Å². The van der Waals surface area contributed by atoms with Gasteiger partial charge in [0.2, 0.25) is 0 Å². The maximum absolute atomic E-state index is 3.02. The normalized spacial score (nSPS) is 14.1. The second kappa shape index (κ2) is 1.84. The van der Waals surface area contributed by atoms with Gasteiger partial charge < -0.3 is 0 Å². The van der Waals surface area contributed by atoms with E-state index < -0.39 is 0 Å². The largest absolute Gasteiger partial charge is 0.0985 e. The zero-order chi connectivity index (χ0) is 5.11. The summed E-state index contributed by atoms with van der Waals surface area (Å²) >= 11 is 0. The average molecular weight is 92.1 g/mol. The van der Waals surface area contributed by atoms with Gasteiger partial charge in [0, 0.05) is 12.0 Å². The van der Waals surface area contributed by atoms with Gasteiger partial charge in [-0.15, -0.1) is 0 Å². The second-order valence-corrected chi connectivity index (χ2v) is 1.59. The van der Waals surface area contributed by atoms with Crippen molar-refractivity contribution in [1.29, 1.82) is 0 Å². The van der Waals surface area contributed by atoms with Crippen molar-refractivity contribution in [2.45, 2.75) is 19.8 Å². The molecule has 0 aromatic heterocycles. The summed E-state index contributed by atoms with van der Waals surface area (Å²) in [5.41, 5.74) is 1.32. The highest BCUT2D eigenvalue weighted by Gasteiger charge is 1.99. The van der Waals surface area contributed by atoms with Crippen LogP contribution in [0.15, 0.2) is 11.6 Å². The molecule has 0 fully saturated rings. The molecule has 0 atom stereocenters. The van der Waals surface area contributed by atoms with Gasteiger partial charge in [0.05, 0.1) is 0 Å². The lowest BCUT2D eigenvalue weighted by molar-refractivity contribution is 1.28. The van der Waals surface area contributed by atoms with E-state index in [0.717, 1.165) is 12.8 Å². The number of hydrogen-bond donors (Lipinski definition) is 0. The minimum absolute atomic E-state index is 0.983. The molecule has 1 aliphatic carbocycles. The Morgan fingerprint density at radius 1 is 1.86 bits per heavy atom. The highest BCUT2D eigenvalue weighted by molar-refractivity contribution is 5.40. The Balaban J connectivity index is 2.30. The predicted molar refractivity (Wildman–Crippen MR) is 30.8 cm³/mol. The third-order valence-corrected chi connectivity index (χ3v) is 0.834. The van der Waals surface area contributed by atoms with Crippen molar-refractivity contribution < 1.29 is 0 Å². The Kier molecular flexibility index (Phi) is 1.17. The van der Waals surface area contributed by atoms with E-state index in [-0.39, 0.29) is 0 Å². The molecule has 7 heavy (non-hydrogen) atoms. The van der Waals surface area contributed by atoms with Gasteiger partial charge in [0.25, 0.3) is 0 Å². The lowest BCUT2D eigenvalue weighted by atomic mass is 10.4. The molecule has 0 aliphatic heterocycles. The zero-order valence-electron chi connectivity index (χ0n) is 4.49. The lowest BCUT2D eigenvalue weighted by Gasteiger charge is -1.64. The summed E-state index contributed by atoms with van der Waals surface area (Å²) in [6, 6.07) is 0. The van der Waals surface area contributed by atoms with E-state index in [9.17, 15) is 0 Å². The van der Waals surface area contributed by atoms with Crippen LogP contribution in [-0.2, 0) is 0 Å². The van der Waals surface area contributed by atoms with Gasteiger partial charge in [0.1, 0.15) is 0 Å². The smallest absolute Gasteiger partial charge is 0.00639 e. The number of hydrogen-bond acceptors (Lipinski definition) is 0. The monoisotopic (exact) mass is 92.1 g/mol. The first-order valence-electron chi connectivity index (χ1n) is 2.61. The standard InChI is InChI=1S/C7H8/c1-2-3-4-7-5-6-7/h5H,2,6H2,1H3. The minimum atomic E-state index is 0.983. The molecule has 0 spiro atoms. The Morgan fingerprint density at radius 3 is 3.00 bits per heavy atom. The Bertz CT molecular complexity index is 141. The summed E-state index contributed by atoms with van der Waals surface area (Å²) < 4.78 is 0. The van der Waals surface area contributed by atoms with Crippen LogP contribution >= 0.6 is 0 Å². The van der Waals surface area contributed by atoms with Crippen LogP contribution in [0.5, 0.6) is 0 Å². The van der Waals surface area contributed by atoms with Crippen molar-refractivity contribution in [3.05, 3.63) is 11.6 Å². The molecule has 0 bridgehead atoms. The van der Waals surface area contributed by atoms with Crippen LogP contribution in [0.2, 0.25) is 0 Å². The fourth-order valence-electron chi connectivity index (χ4n) is 0.355. The van der Waals surface area contributed by atoms with Gasteiger partial charge in [-0.25, -0.2) is 0 Å². The summed E-state index contributed by atoms with van der Waals surface area (Å²) in [6.45, 7) is 2.07. The van der Waals surface area contributed by atoms with E-state index >= 15 is 0 Å². The molecule has 1 rings (SSSR count). The van der Waals surface area contributed by atoms with Crippen molar-refractivity contribution >= 4 is 0 Å². The molecular formula is C7H8. The summed E-state index contributed by atoms with van der Waals surface area (Å²) in [5, 5.41) is 0. The maximum Gasteiger partial charge on any atom is 0.00639 e. The molecule has 0 aromatic carbocycles. The van der Waals surface area contributed by atoms with E-state index in [1.54, 1.807) is 0 Å². The summed E-state index contributed by atoms with van der Waals surface area (Å²) in [5.74, 6) is 6.01. The van der Waals surface area contributed by atoms with E-state index in [2.05, 4.69) is 24.8 Å². The van der Waals surface area contributed by atoms with Crippen molar-refractivity contribution in [1.82, 2.24) is 0 Å². The van der Waals surface area contributed by atoms with Crippen LogP contribution in [0.1, 0.15) is 19.8 Å². The maximum atomic E-state index is 3.02. The van der Waals surface area contributed by atoms with Crippen molar-refractivity contribution in [2.75, 3.05) is 0 Å². The quantitative estimate of drug-likeness (QED) is 0.399. The topological polar surface area (TPSA) is 0 Å². The zero-order valence-corrected chi connectivity index (χ0v) is 4.49. The highest BCUT2D eigenvalue weighted by Crippen LogP contribution is 2.15. The molecule has 0 nitrogen and oxygen atoms in total. The summed E-state index contributed by atoms with van der Waals surface area (Å²) in [6.07, 6.45) is 4.27. The van der Waals surface area contributed by atoms with Crippen LogP contribution in [0.25, 0.3) is 0 Å². The van der Waals surface area contributed by atoms with Crippen LogP contribution < -0.4 is 0 Å². The Morgan fingerprint density at radius 2 is 2.57 bits per heavy atom. The molecule has 0 unspecified atom stereocenters. The average Bonchev–Trinajstić information content (AvgIpc) is 2.42. The van der Waals surface area contributed by atoms with Gasteiger partial charge in [-0.2, -0.15) is 0 Å². The van der Waals surface area contributed by atoms with Gasteiger partial charge in [-0.3, -0.25) is 0 Å². The molecular weight excluding hydrogens is 84.1 g/mol. The fourth-order valence-corrected chi connectivity index (χ4v) is 0.355. The number of rotatable bonds is 0. The first-order valence-corrected chi connectivity index (χ1v) is 2.61.